The second-order valence-electron chi connectivity index (χ2n) is 8.55. The van der Waals surface area contributed by atoms with Crippen LogP contribution in [0.5, 0.6) is 0 Å². The Balaban J connectivity index is 0.00000363. The van der Waals surface area contributed by atoms with Crippen LogP contribution in [0.3, 0.4) is 0 Å². The Hall–Kier alpha value is -1.07. The highest BCUT2D eigenvalue weighted by Crippen LogP contribution is 2.44. The number of halogens is 4. The third kappa shape index (κ3) is 7.76. The molecule has 1 heterocycles. The maximum atomic E-state index is 13.1. The van der Waals surface area contributed by atoms with Crippen molar-refractivity contribution in [1.82, 2.24) is 10.6 Å². The number of rotatable bonds is 9. The molecule has 1 aromatic carbocycles. The van der Waals surface area contributed by atoms with Crippen LogP contribution in [-0.2, 0) is 21.1 Å². The van der Waals surface area contributed by atoms with Crippen LogP contribution < -0.4 is 10.6 Å². The van der Waals surface area contributed by atoms with E-state index in [4.69, 9.17) is 9.47 Å². The Kier molecular flexibility index (Phi) is 11.0. The molecule has 32 heavy (non-hydrogen) atoms. The van der Waals surface area contributed by atoms with E-state index in [1.807, 2.05) is 6.07 Å². The number of aliphatic imine (C=N–C) groups is 1. The molecule has 3 rings (SSSR count). The zero-order valence-corrected chi connectivity index (χ0v) is 21.0. The van der Waals surface area contributed by atoms with E-state index in [1.165, 1.54) is 12.1 Å². The van der Waals surface area contributed by atoms with Crippen molar-refractivity contribution in [3.05, 3.63) is 35.4 Å². The van der Waals surface area contributed by atoms with Crippen LogP contribution in [0.15, 0.2) is 29.3 Å². The fourth-order valence-corrected chi connectivity index (χ4v) is 4.21. The summed E-state index contributed by atoms with van der Waals surface area (Å²) in [5.41, 5.74) is -0.108. The Morgan fingerprint density at radius 2 is 1.97 bits per heavy atom. The smallest absolute Gasteiger partial charge is 0.381 e. The third-order valence-corrected chi connectivity index (χ3v) is 6.38. The minimum Gasteiger partial charge on any atom is -0.381 e. The predicted octanol–water partition coefficient (Wildman–Crippen LogP) is 4.74. The monoisotopic (exact) mass is 569 g/mol. The average molecular weight is 569 g/mol. The van der Waals surface area contributed by atoms with E-state index in [2.05, 4.69) is 15.6 Å². The van der Waals surface area contributed by atoms with Crippen LogP contribution in [0.25, 0.3) is 0 Å². The molecule has 1 aliphatic carbocycles. The maximum absolute atomic E-state index is 13.1. The number of alkyl halides is 3. The standard InChI is InChI=1S/C23H34F3N3O2.HI/c1-27-21(28-11-4-12-31-16-18-7-13-30-14-8-18)29-17-22(9-3-10-22)19-5-2-6-20(15-19)23(24,25)26;/h2,5-6,15,18H,3-4,7-14,16-17H2,1H3,(H2,27,28,29);1H. The van der Waals surface area contributed by atoms with E-state index >= 15 is 0 Å². The van der Waals surface area contributed by atoms with Crippen molar-refractivity contribution in [3.8, 4) is 0 Å². The summed E-state index contributed by atoms with van der Waals surface area (Å²) in [5.74, 6) is 1.27. The van der Waals surface area contributed by atoms with E-state index in [9.17, 15) is 13.2 Å². The molecule has 0 atom stereocenters. The quantitative estimate of drug-likeness (QED) is 0.195. The summed E-state index contributed by atoms with van der Waals surface area (Å²) in [6.45, 7) is 4.43. The molecule has 0 amide bonds. The van der Waals surface area contributed by atoms with Crippen molar-refractivity contribution in [3.63, 3.8) is 0 Å². The Bertz CT molecular complexity index is 721. The van der Waals surface area contributed by atoms with Crippen molar-refractivity contribution in [2.75, 3.05) is 46.6 Å². The first-order valence-electron chi connectivity index (χ1n) is 11.2. The molecule has 182 valence electrons. The zero-order chi connectivity index (χ0) is 22.2. The van der Waals surface area contributed by atoms with Gasteiger partial charge in [-0.2, -0.15) is 13.2 Å². The van der Waals surface area contributed by atoms with Gasteiger partial charge in [0.25, 0.3) is 0 Å². The molecular weight excluding hydrogens is 534 g/mol. The molecule has 1 aromatic rings. The van der Waals surface area contributed by atoms with Crippen molar-refractivity contribution in [1.29, 1.82) is 0 Å². The van der Waals surface area contributed by atoms with Gasteiger partial charge in [0.2, 0.25) is 0 Å². The summed E-state index contributed by atoms with van der Waals surface area (Å²) < 4.78 is 50.5. The predicted molar refractivity (Wildman–Crippen MR) is 131 cm³/mol. The lowest BCUT2D eigenvalue weighted by molar-refractivity contribution is -0.137. The van der Waals surface area contributed by atoms with E-state index in [1.54, 1.807) is 7.05 Å². The summed E-state index contributed by atoms with van der Waals surface area (Å²) in [7, 11) is 1.70. The topological polar surface area (TPSA) is 54.9 Å². The van der Waals surface area contributed by atoms with Gasteiger partial charge in [0.1, 0.15) is 0 Å². The second kappa shape index (κ2) is 13.0. The van der Waals surface area contributed by atoms with Gasteiger partial charge in [0.15, 0.2) is 5.96 Å². The number of hydrogen-bond acceptors (Lipinski definition) is 3. The molecule has 5 nitrogen and oxygen atoms in total. The minimum absolute atomic E-state index is 0. The lowest BCUT2D eigenvalue weighted by Gasteiger charge is -2.43. The van der Waals surface area contributed by atoms with Crippen LogP contribution in [0.1, 0.15) is 49.7 Å². The van der Waals surface area contributed by atoms with Gasteiger partial charge < -0.3 is 20.1 Å². The van der Waals surface area contributed by atoms with Crippen molar-refractivity contribution in [2.24, 2.45) is 10.9 Å². The van der Waals surface area contributed by atoms with Gasteiger partial charge in [-0.05, 0) is 49.7 Å². The number of guanidine groups is 1. The number of ether oxygens (including phenoxy) is 2. The highest BCUT2D eigenvalue weighted by molar-refractivity contribution is 14.0. The van der Waals surface area contributed by atoms with Gasteiger partial charge in [-0.15, -0.1) is 24.0 Å². The molecule has 1 aliphatic heterocycles. The zero-order valence-electron chi connectivity index (χ0n) is 18.7. The van der Waals surface area contributed by atoms with Crippen molar-refractivity contribution < 1.29 is 22.6 Å². The van der Waals surface area contributed by atoms with Crippen LogP contribution in [0, 0.1) is 5.92 Å². The lowest BCUT2D eigenvalue weighted by Crippen LogP contribution is -2.49. The first-order valence-corrected chi connectivity index (χ1v) is 11.2. The molecule has 1 saturated heterocycles. The summed E-state index contributed by atoms with van der Waals surface area (Å²) in [4.78, 5) is 4.25. The van der Waals surface area contributed by atoms with E-state index < -0.39 is 11.7 Å². The first kappa shape index (κ1) is 27.2. The molecule has 0 aromatic heterocycles. The number of benzene rings is 1. The summed E-state index contributed by atoms with van der Waals surface area (Å²) >= 11 is 0. The normalized spacial score (nSPS) is 19.1. The second-order valence-corrected chi connectivity index (χ2v) is 8.55. The molecule has 2 N–H and O–H groups in total. The molecule has 2 aliphatic rings. The van der Waals surface area contributed by atoms with Crippen molar-refractivity contribution in [2.45, 2.75) is 50.1 Å². The Morgan fingerprint density at radius 3 is 2.59 bits per heavy atom. The molecule has 1 saturated carbocycles. The third-order valence-electron chi connectivity index (χ3n) is 6.38. The molecule has 9 heteroatoms. The molecule has 0 spiro atoms. The summed E-state index contributed by atoms with van der Waals surface area (Å²) in [5, 5.41) is 6.59. The van der Waals surface area contributed by atoms with Crippen LogP contribution >= 0.6 is 24.0 Å². The van der Waals surface area contributed by atoms with Crippen LogP contribution in [0.4, 0.5) is 13.2 Å². The maximum Gasteiger partial charge on any atom is 0.416 e. The Morgan fingerprint density at radius 1 is 1.22 bits per heavy atom. The van der Waals surface area contributed by atoms with Gasteiger partial charge in [-0.3, -0.25) is 4.99 Å². The van der Waals surface area contributed by atoms with Gasteiger partial charge in [0, 0.05) is 52.0 Å². The van der Waals surface area contributed by atoms with Gasteiger partial charge in [-0.25, -0.2) is 0 Å². The fraction of sp³-hybridized carbons (Fsp3) is 0.696. The highest BCUT2D eigenvalue weighted by atomic mass is 127. The van der Waals surface area contributed by atoms with Gasteiger partial charge in [-0.1, -0.05) is 24.6 Å². The number of nitrogens with zero attached hydrogens (tertiary/aromatic N) is 1. The summed E-state index contributed by atoms with van der Waals surface area (Å²) in [6.07, 6.45) is 1.46. The number of hydrogen-bond donors (Lipinski definition) is 2. The molecule has 0 bridgehead atoms. The molecule has 2 fully saturated rings. The van der Waals surface area contributed by atoms with E-state index in [-0.39, 0.29) is 29.4 Å². The summed E-state index contributed by atoms with van der Waals surface area (Å²) in [6, 6.07) is 5.74. The molecular formula is C23H35F3IN3O2. The average Bonchev–Trinajstić information content (AvgIpc) is 2.74. The number of nitrogens with one attached hydrogen (secondary N) is 2. The molecule has 0 radical (unpaired) electrons. The van der Waals surface area contributed by atoms with Gasteiger partial charge in [0.05, 0.1) is 5.56 Å². The lowest BCUT2D eigenvalue weighted by atomic mass is 9.64. The van der Waals surface area contributed by atoms with Crippen LogP contribution in [0.2, 0.25) is 0 Å². The van der Waals surface area contributed by atoms with Gasteiger partial charge >= 0.3 is 6.18 Å². The van der Waals surface area contributed by atoms with E-state index in [0.29, 0.717) is 25.0 Å². The van der Waals surface area contributed by atoms with Crippen LogP contribution in [-0.4, -0.2) is 52.5 Å². The highest BCUT2D eigenvalue weighted by Gasteiger charge is 2.40. The van der Waals surface area contributed by atoms with E-state index in [0.717, 1.165) is 76.5 Å². The minimum atomic E-state index is -4.32. The first-order chi connectivity index (χ1) is 14.9. The Labute approximate surface area is 205 Å². The SMILES string of the molecule is CN=C(NCCCOCC1CCOCC1)NCC1(c2cccc(C(F)(F)F)c2)CCC1.I. The molecule has 0 unspecified atom stereocenters. The fourth-order valence-electron chi connectivity index (χ4n) is 4.21. The largest absolute Gasteiger partial charge is 0.416 e. The van der Waals surface area contributed by atoms with Crippen molar-refractivity contribution >= 4 is 29.9 Å².